The van der Waals surface area contributed by atoms with Crippen LogP contribution in [-0.2, 0) is 14.6 Å². The quantitative estimate of drug-likeness (QED) is 0.560. The molecule has 8 heteroatoms. The summed E-state index contributed by atoms with van der Waals surface area (Å²) < 4.78 is 21.6. The maximum Gasteiger partial charge on any atom is 0.314 e. The van der Waals surface area contributed by atoms with E-state index in [1.807, 2.05) is 0 Å². The Balaban J connectivity index is 3.83. The van der Waals surface area contributed by atoms with Gasteiger partial charge < -0.3 is 15.7 Å². The third-order valence-electron chi connectivity index (χ3n) is 2.25. The number of sulfone groups is 1. The Kier molecular flexibility index (Phi) is 6.10. The molecule has 7 nitrogen and oxygen atoms in total. The van der Waals surface area contributed by atoms with Crippen LogP contribution < -0.4 is 10.6 Å². The SMILES string of the molecule is CC(C)(CNC(=O)NCCCS(C)(=O)=O)C(=O)O. The molecule has 0 aromatic carbocycles. The number of carbonyl (C=O) groups is 2. The van der Waals surface area contributed by atoms with Gasteiger partial charge in [0.2, 0.25) is 0 Å². The molecule has 0 heterocycles. The number of carbonyl (C=O) groups excluding carboxylic acids is 1. The van der Waals surface area contributed by atoms with Gasteiger partial charge >= 0.3 is 12.0 Å². The monoisotopic (exact) mass is 280 g/mol. The lowest BCUT2D eigenvalue weighted by Gasteiger charge is -2.19. The Morgan fingerprint density at radius 2 is 1.78 bits per heavy atom. The van der Waals surface area contributed by atoms with Gasteiger partial charge in [0.1, 0.15) is 9.84 Å². The molecule has 0 aliphatic rings. The molecule has 106 valence electrons. The molecule has 0 aliphatic carbocycles. The highest BCUT2D eigenvalue weighted by atomic mass is 32.2. The zero-order valence-electron chi connectivity index (χ0n) is 10.8. The second-order valence-corrected chi connectivity index (χ2v) is 7.04. The normalized spacial score (nSPS) is 11.9. The van der Waals surface area contributed by atoms with Crippen LogP contribution in [0.25, 0.3) is 0 Å². The number of rotatable bonds is 7. The zero-order valence-corrected chi connectivity index (χ0v) is 11.6. The van der Waals surface area contributed by atoms with Crippen LogP contribution in [0, 0.1) is 5.41 Å². The number of nitrogens with one attached hydrogen (secondary N) is 2. The maximum absolute atomic E-state index is 11.3. The number of aliphatic carboxylic acids is 1. The predicted octanol–water partition coefficient (Wildman–Crippen LogP) is -0.169. The average molecular weight is 280 g/mol. The van der Waals surface area contributed by atoms with Crippen LogP contribution in [0.1, 0.15) is 20.3 Å². The first-order valence-electron chi connectivity index (χ1n) is 5.47. The summed E-state index contributed by atoms with van der Waals surface area (Å²) in [6.45, 7) is 3.23. The topological polar surface area (TPSA) is 113 Å². The van der Waals surface area contributed by atoms with E-state index >= 15 is 0 Å². The summed E-state index contributed by atoms with van der Waals surface area (Å²) >= 11 is 0. The molecule has 3 N–H and O–H groups in total. The molecule has 0 saturated heterocycles. The number of carboxylic acids is 1. The molecule has 0 aliphatic heterocycles. The fraction of sp³-hybridized carbons (Fsp3) is 0.800. The summed E-state index contributed by atoms with van der Waals surface area (Å²) in [5.41, 5.74) is -1.04. The van der Waals surface area contributed by atoms with E-state index in [0.29, 0.717) is 6.42 Å². The molecule has 0 bridgehead atoms. The smallest absolute Gasteiger partial charge is 0.314 e. The van der Waals surface area contributed by atoms with Gasteiger partial charge in [-0.25, -0.2) is 13.2 Å². The van der Waals surface area contributed by atoms with Crippen LogP contribution in [-0.4, -0.2) is 50.6 Å². The van der Waals surface area contributed by atoms with Crippen molar-refractivity contribution >= 4 is 21.8 Å². The van der Waals surface area contributed by atoms with Crippen molar-refractivity contribution in [2.75, 3.05) is 25.1 Å². The van der Waals surface area contributed by atoms with Crippen molar-refractivity contribution < 1.29 is 23.1 Å². The van der Waals surface area contributed by atoms with Crippen molar-refractivity contribution in [3.8, 4) is 0 Å². The molecule has 0 fully saturated rings. The Morgan fingerprint density at radius 1 is 1.22 bits per heavy atom. The molecule has 0 unspecified atom stereocenters. The van der Waals surface area contributed by atoms with Crippen LogP contribution in [0.3, 0.4) is 0 Å². The van der Waals surface area contributed by atoms with Gasteiger partial charge in [0.15, 0.2) is 0 Å². The molecule has 0 aromatic rings. The maximum atomic E-state index is 11.3. The van der Waals surface area contributed by atoms with Crippen LogP contribution in [0.2, 0.25) is 0 Å². The largest absolute Gasteiger partial charge is 0.481 e. The van der Waals surface area contributed by atoms with Gasteiger partial charge in [-0.3, -0.25) is 4.79 Å². The average Bonchev–Trinajstić information content (AvgIpc) is 2.20. The summed E-state index contributed by atoms with van der Waals surface area (Å²) in [6.07, 6.45) is 1.46. The summed E-state index contributed by atoms with van der Waals surface area (Å²) in [7, 11) is -3.02. The molecular formula is C10H20N2O5S. The van der Waals surface area contributed by atoms with Gasteiger partial charge in [-0.2, -0.15) is 0 Å². The van der Waals surface area contributed by atoms with Crippen molar-refractivity contribution in [3.05, 3.63) is 0 Å². The minimum atomic E-state index is -3.02. The van der Waals surface area contributed by atoms with Gasteiger partial charge in [0.25, 0.3) is 0 Å². The minimum Gasteiger partial charge on any atom is -0.481 e. The highest BCUT2D eigenvalue weighted by molar-refractivity contribution is 7.90. The lowest BCUT2D eigenvalue weighted by Crippen LogP contribution is -2.43. The van der Waals surface area contributed by atoms with Crippen molar-refractivity contribution in [1.82, 2.24) is 10.6 Å². The first-order valence-corrected chi connectivity index (χ1v) is 7.53. The highest BCUT2D eigenvalue weighted by Gasteiger charge is 2.27. The number of amides is 2. The molecule has 2 amide bonds. The number of urea groups is 1. The Labute approximate surface area is 107 Å². The van der Waals surface area contributed by atoms with E-state index in [1.54, 1.807) is 0 Å². The Hall–Kier alpha value is -1.31. The van der Waals surface area contributed by atoms with Gasteiger partial charge in [-0.15, -0.1) is 0 Å². The second-order valence-electron chi connectivity index (χ2n) is 4.78. The number of carboxylic acid groups (broad SMARTS) is 1. The second kappa shape index (κ2) is 6.58. The lowest BCUT2D eigenvalue weighted by atomic mass is 9.94. The predicted molar refractivity (Wildman–Crippen MR) is 67.1 cm³/mol. The minimum absolute atomic E-state index is 0.000241. The highest BCUT2D eigenvalue weighted by Crippen LogP contribution is 2.12. The van der Waals surface area contributed by atoms with Crippen LogP contribution in [0.4, 0.5) is 4.79 Å². The number of hydrogen-bond acceptors (Lipinski definition) is 4. The molecule has 0 saturated carbocycles. The van der Waals surface area contributed by atoms with Gasteiger partial charge in [0.05, 0.1) is 11.2 Å². The first-order chi connectivity index (χ1) is 8.04. The number of hydrogen-bond donors (Lipinski definition) is 3. The van der Waals surface area contributed by atoms with E-state index < -0.39 is 27.3 Å². The van der Waals surface area contributed by atoms with Crippen molar-refractivity contribution in [3.63, 3.8) is 0 Å². The van der Waals surface area contributed by atoms with Crippen molar-refractivity contribution in [1.29, 1.82) is 0 Å². The third kappa shape index (κ3) is 7.88. The van der Waals surface area contributed by atoms with Crippen LogP contribution >= 0.6 is 0 Å². The van der Waals surface area contributed by atoms with Crippen LogP contribution in [0.5, 0.6) is 0 Å². The van der Waals surface area contributed by atoms with Gasteiger partial charge in [0, 0.05) is 19.3 Å². The van der Waals surface area contributed by atoms with E-state index in [4.69, 9.17) is 5.11 Å². The lowest BCUT2D eigenvalue weighted by molar-refractivity contribution is -0.146. The first kappa shape index (κ1) is 16.7. The van der Waals surface area contributed by atoms with Crippen LogP contribution in [0.15, 0.2) is 0 Å². The molecule has 0 rings (SSSR count). The molecule has 0 aromatic heterocycles. The summed E-state index contributed by atoms with van der Waals surface area (Å²) in [5, 5.41) is 13.7. The van der Waals surface area contributed by atoms with Gasteiger partial charge in [-0.1, -0.05) is 0 Å². The van der Waals surface area contributed by atoms with E-state index in [-0.39, 0.29) is 18.8 Å². The van der Waals surface area contributed by atoms with E-state index in [1.165, 1.54) is 13.8 Å². The standard InChI is InChI=1S/C10H20N2O5S/c1-10(2,8(13)14)7-12-9(15)11-5-4-6-18(3,16)17/h4-7H2,1-3H3,(H,13,14)(H2,11,12,15). The van der Waals surface area contributed by atoms with E-state index in [0.717, 1.165) is 6.26 Å². The molecule has 0 atom stereocenters. The third-order valence-corrected chi connectivity index (χ3v) is 3.28. The fourth-order valence-electron chi connectivity index (χ4n) is 0.976. The molecular weight excluding hydrogens is 260 g/mol. The van der Waals surface area contributed by atoms with E-state index in [2.05, 4.69) is 10.6 Å². The van der Waals surface area contributed by atoms with Gasteiger partial charge in [-0.05, 0) is 20.3 Å². The van der Waals surface area contributed by atoms with Crippen molar-refractivity contribution in [2.45, 2.75) is 20.3 Å². The molecule has 18 heavy (non-hydrogen) atoms. The zero-order chi connectivity index (χ0) is 14.4. The summed E-state index contributed by atoms with van der Waals surface area (Å²) in [6, 6.07) is -0.502. The molecule has 0 spiro atoms. The Bertz CT molecular complexity index is 402. The Morgan fingerprint density at radius 3 is 2.22 bits per heavy atom. The molecule has 0 radical (unpaired) electrons. The summed E-state index contributed by atoms with van der Waals surface area (Å²) in [5.74, 6) is -0.992. The fourth-order valence-corrected chi connectivity index (χ4v) is 1.64. The van der Waals surface area contributed by atoms with E-state index in [9.17, 15) is 18.0 Å². The van der Waals surface area contributed by atoms with Crippen molar-refractivity contribution in [2.24, 2.45) is 5.41 Å². The summed E-state index contributed by atoms with van der Waals surface area (Å²) in [4.78, 5) is 22.0.